The van der Waals surface area contributed by atoms with E-state index < -0.39 is 0 Å². The van der Waals surface area contributed by atoms with Crippen molar-refractivity contribution in [1.82, 2.24) is 0 Å². The van der Waals surface area contributed by atoms with Crippen LogP contribution in [-0.4, -0.2) is 7.11 Å². The van der Waals surface area contributed by atoms with Crippen molar-refractivity contribution >= 4 is 11.3 Å². The molecular formula is C15H19NOS. The molecule has 2 N–H and O–H groups in total. The molecule has 0 amide bonds. The molecule has 0 saturated carbocycles. The minimum atomic E-state index is -0.0699. The van der Waals surface area contributed by atoms with Crippen LogP contribution in [0.5, 0.6) is 5.75 Å². The molecular weight excluding hydrogens is 242 g/mol. The van der Waals surface area contributed by atoms with Gasteiger partial charge in [-0.3, -0.25) is 0 Å². The fourth-order valence-electron chi connectivity index (χ4n) is 2.43. The van der Waals surface area contributed by atoms with Crippen LogP contribution in [0.4, 0.5) is 0 Å². The Kier molecular flexibility index (Phi) is 3.73. The molecule has 3 heteroatoms. The molecule has 1 aromatic carbocycles. The summed E-state index contributed by atoms with van der Waals surface area (Å²) in [6, 6.07) is 6.33. The largest absolute Gasteiger partial charge is 0.496 e. The monoisotopic (exact) mass is 261 g/mol. The van der Waals surface area contributed by atoms with Crippen LogP contribution < -0.4 is 10.5 Å². The summed E-state index contributed by atoms with van der Waals surface area (Å²) in [7, 11) is 1.68. The summed E-state index contributed by atoms with van der Waals surface area (Å²) in [5.41, 5.74) is 11.4. The first-order chi connectivity index (χ1) is 8.52. The smallest absolute Gasteiger partial charge is 0.129 e. The zero-order valence-corrected chi connectivity index (χ0v) is 12.1. The number of benzene rings is 1. The molecule has 1 unspecified atom stereocenters. The van der Waals surface area contributed by atoms with Crippen molar-refractivity contribution < 1.29 is 4.74 Å². The molecule has 0 fully saturated rings. The molecule has 1 aromatic heterocycles. The summed E-state index contributed by atoms with van der Waals surface area (Å²) in [5, 5.41) is 1.99. The van der Waals surface area contributed by atoms with Crippen molar-refractivity contribution in [3.05, 3.63) is 50.7 Å². The predicted octanol–water partition coefficient (Wildman–Crippen LogP) is 3.73. The third-order valence-electron chi connectivity index (χ3n) is 3.19. The lowest BCUT2D eigenvalue weighted by Crippen LogP contribution is -2.13. The molecule has 18 heavy (non-hydrogen) atoms. The molecule has 1 atom stereocenters. The van der Waals surface area contributed by atoms with E-state index in [0.29, 0.717) is 0 Å². The number of aryl methyl sites for hydroxylation is 3. The van der Waals surface area contributed by atoms with Gasteiger partial charge in [-0.25, -0.2) is 0 Å². The standard InChI is InChI=1S/C15H19NOS/c1-9-5-10(2)14(11(3)6-9)15(16)13-7-12(17-4)8-18-13/h5-8,15H,16H2,1-4H3. The lowest BCUT2D eigenvalue weighted by molar-refractivity contribution is 0.416. The number of hydrogen-bond acceptors (Lipinski definition) is 3. The highest BCUT2D eigenvalue weighted by atomic mass is 32.1. The molecule has 2 nitrogen and oxygen atoms in total. The van der Waals surface area contributed by atoms with Gasteiger partial charge in [0.2, 0.25) is 0 Å². The molecule has 0 radical (unpaired) electrons. The maximum absolute atomic E-state index is 6.39. The molecule has 0 saturated heterocycles. The summed E-state index contributed by atoms with van der Waals surface area (Å²) < 4.78 is 5.22. The van der Waals surface area contributed by atoms with Crippen LogP contribution in [0, 0.1) is 20.8 Å². The minimum Gasteiger partial charge on any atom is -0.496 e. The summed E-state index contributed by atoms with van der Waals surface area (Å²) in [6.07, 6.45) is 0. The highest BCUT2D eigenvalue weighted by molar-refractivity contribution is 7.10. The molecule has 0 spiro atoms. The van der Waals surface area contributed by atoms with E-state index in [1.807, 2.05) is 11.4 Å². The summed E-state index contributed by atoms with van der Waals surface area (Å²) in [4.78, 5) is 1.14. The maximum Gasteiger partial charge on any atom is 0.129 e. The van der Waals surface area contributed by atoms with Gasteiger partial charge in [-0.1, -0.05) is 17.7 Å². The van der Waals surface area contributed by atoms with E-state index in [1.54, 1.807) is 18.4 Å². The third-order valence-corrected chi connectivity index (χ3v) is 4.18. The Hall–Kier alpha value is -1.32. The summed E-state index contributed by atoms with van der Waals surface area (Å²) in [5.74, 6) is 0.882. The molecule has 2 aromatic rings. The van der Waals surface area contributed by atoms with E-state index in [0.717, 1.165) is 10.6 Å². The van der Waals surface area contributed by atoms with Crippen molar-refractivity contribution in [3.63, 3.8) is 0 Å². The van der Waals surface area contributed by atoms with Crippen LogP contribution in [0.3, 0.4) is 0 Å². The van der Waals surface area contributed by atoms with Crippen LogP contribution in [0.1, 0.15) is 33.2 Å². The second-order valence-corrected chi connectivity index (χ2v) is 5.62. The van der Waals surface area contributed by atoms with E-state index in [4.69, 9.17) is 10.5 Å². The van der Waals surface area contributed by atoms with Gasteiger partial charge in [0.1, 0.15) is 5.75 Å². The van der Waals surface area contributed by atoms with Gasteiger partial charge in [0, 0.05) is 10.3 Å². The quantitative estimate of drug-likeness (QED) is 0.913. The Labute approximate surface area is 112 Å². The third kappa shape index (κ3) is 2.42. The van der Waals surface area contributed by atoms with E-state index in [1.165, 1.54) is 22.3 Å². The molecule has 2 rings (SSSR count). The lowest BCUT2D eigenvalue weighted by atomic mass is 9.94. The molecule has 0 bridgehead atoms. The zero-order valence-electron chi connectivity index (χ0n) is 11.3. The lowest BCUT2D eigenvalue weighted by Gasteiger charge is -2.17. The van der Waals surface area contributed by atoms with Crippen LogP contribution in [0.25, 0.3) is 0 Å². The van der Waals surface area contributed by atoms with Gasteiger partial charge in [-0.15, -0.1) is 11.3 Å². The normalized spacial score (nSPS) is 12.5. The van der Waals surface area contributed by atoms with E-state index in [2.05, 4.69) is 32.9 Å². The predicted molar refractivity (Wildman–Crippen MR) is 77.6 cm³/mol. The fraction of sp³-hybridized carbons (Fsp3) is 0.333. The first kappa shape index (κ1) is 13.1. The second kappa shape index (κ2) is 5.12. The SMILES string of the molecule is COc1csc(C(N)c2c(C)cc(C)cc2C)c1. The van der Waals surface area contributed by atoms with Gasteiger partial charge in [0.25, 0.3) is 0 Å². The Morgan fingerprint density at radius 2 is 1.72 bits per heavy atom. The Morgan fingerprint density at radius 1 is 1.11 bits per heavy atom. The van der Waals surface area contributed by atoms with E-state index in [-0.39, 0.29) is 6.04 Å². The van der Waals surface area contributed by atoms with Gasteiger partial charge in [0.15, 0.2) is 0 Å². The molecule has 96 valence electrons. The number of methoxy groups -OCH3 is 1. The first-order valence-corrected chi connectivity index (χ1v) is 6.86. The number of thiophene rings is 1. The number of rotatable bonds is 3. The van der Waals surface area contributed by atoms with Gasteiger partial charge in [-0.2, -0.15) is 0 Å². The van der Waals surface area contributed by atoms with Crippen LogP contribution in [0.2, 0.25) is 0 Å². The topological polar surface area (TPSA) is 35.2 Å². The second-order valence-electron chi connectivity index (χ2n) is 4.68. The van der Waals surface area contributed by atoms with Crippen molar-refractivity contribution in [2.45, 2.75) is 26.8 Å². The molecule has 0 aliphatic heterocycles. The molecule has 1 heterocycles. The summed E-state index contributed by atoms with van der Waals surface area (Å²) >= 11 is 1.65. The van der Waals surface area contributed by atoms with Crippen LogP contribution >= 0.6 is 11.3 Å². The van der Waals surface area contributed by atoms with E-state index >= 15 is 0 Å². The highest BCUT2D eigenvalue weighted by Gasteiger charge is 2.16. The number of ether oxygens (including phenoxy) is 1. The number of nitrogens with two attached hydrogens (primary N) is 1. The zero-order chi connectivity index (χ0) is 13.3. The van der Waals surface area contributed by atoms with Crippen LogP contribution in [0.15, 0.2) is 23.6 Å². The Balaban J connectivity index is 2.42. The maximum atomic E-state index is 6.39. The van der Waals surface area contributed by atoms with Crippen molar-refractivity contribution in [1.29, 1.82) is 0 Å². The Bertz CT molecular complexity index is 536. The summed E-state index contributed by atoms with van der Waals surface area (Å²) in [6.45, 7) is 6.36. The molecule has 0 aliphatic rings. The van der Waals surface area contributed by atoms with Crippen molar-refractivity contribution in [2.24, 2.45) is 5.73 Å². The van der Waals surface area contributed by atoms with Gasteiger partial charge in [-0.05, 0) is 43.5 Å². The average Bonchev–Trinajstić information content (AvgIpc) is 2.75. The minimum absolute atomic E-state index is 0.0699. The molecule has 0 aliphatic carbocycles. The first-order valence-electron chi connectivity index (χ1n) is 5.98. The van der Waals surface area contributed by atoms with Gasteiger partial charge >= 0.3 is 0 Å². The fourth-order valence-corrected chi connectivity index (χ4v) is 3.29. The van der Waals surface area contributed by atoms with Gasteiger partial charge in [0.05, 0.1) is 13.2 Å². The highest BCUT2D eigenvalue weighted by Crippen LogP contribution is 2.32. The number of hydrogen-bond donors (Lipinski definition) is 1. The van der Waals surface area contributed by atoms with E-state index in [9.17, 15) is 0 Å². The van der Waals surface area contributed by atoms with Crippen molar-refractivity contribution in [2.75, 3.05) is 7.11 Å². The van der Waals surface area contributed by atoms with Gasteiger partial charge < -0.3 is 10.5 Å². The van der Waals surface area contributed by atoms with Crippen LogP contribution in [-0.2, 0) is 0 Å². The van der Waals surface area contributed by atoms with Crippen molar-refractivity contribution in [3.8, 4) is 5.75 Å². The average molecular weight is 261 g/mol. The Morgan fingerprint density at radius 3 is 2.22 bits per heavy atom.